The highest BCUT2D eigenvalue weighted by Crippen LogP contribution is 2.28. The van der Waals surface area contributed by atoms with Gasteiger partial charge in [-0.05, 0) is 55.0 Å². The maximum absolute atomic E-state index is 12.8. The molecular formula is C25H22N6O3S2. The Morgan fingerprint density at radius 2 is 1.92 bits per heavy atom. The maximum Gasteiger partial charge on any atom is 0.230 e. The molecule has 0 bridgehead atoms. The molecule has 0 saturated heterocycles. The molecule has 0 aliphatic heterocycles. The molecule has 0 saturated carbocycles. The van der Waals surface area contributed by atoms with Crippen LogP contribution in [-0.2, 0) is 27.0 Å². The predicted molar refractivity (Wildman–Crippen MR) is 140 cm³/mol. The van der Waals surface area contributed by atoms with Crippen molar-refractivity contribution in [2.24, 2.45) is 5.14 Å². The van der Waals surface area contributed by atoms with Gasteiger partial charge in [0.15, 0.2) is 5.82 Å². The average molecular weight is 519 g/mol. The van der Waals surface area contributed by atoms with Crippen LogP contribution in [0.5, 0.6) is 0 Å². The molecule has 5 aromatic rings. The van der Waals surface area contributed by atoms with E-state index in [1.54, 1.807) is 40.3 Å². The lowest BCUT2D eigenvalue weighted by molar-refractivity contribution is -0.115. The molecule has 5 rings (SSSR count). The second kappa shape index (κ2) is 9.61. The van der Waals surface area contributed by atoms with E-state index in [4.69, 9.17) is 10.2 Å². The Labute approximate surface area is 211 Å². The SMILES string of the molecule is Cc1cccc(-n2nc(CC(=O)Nc3cccc(CS(N)(=O)=O)c3)cc2-c2ccc3ncsc3c2)n1. The normalized spacial score (nSPS) is 11.6. The molecule has 0 aliphatic carbocycles. The summed E-state index contributed by atoms with van der Waals surface area (Å²) in [5.41, 5.74) is 6.87. The quantitative estimate of drug-likeness (QED) is 0.337. The molecule has 2 aromatic carbocycles. The number of primary sulfonamides is 1. The Bertz CT molecular complexity index is 1690. The summed E-state index contributed by atoms with van der Waals surface area (Å²) in [6.07, 6.45) is 0.0219. The van der Waals surface area contributed by atoms with Crippen LogP contribution in [0.2, 0.25) is 0 Å². The molecule has 0 spiro atoms. The lowest BCUT2D eigenvalue weighted by atomic mass is 10.1. The van der Waals surface area contributed by atoms with Gasteiger partial charge in [-0.2, -0.15) is 5.10 Å². The number of thiazole rings is 1. The zero-order valence-electron chi connectivity index (χ0n) is 19.2. The summed E-state index contributed by atoms with van der Waals surface area (Å²) in [5, 5.41) is 12.6. The number of aromatic nitrogens is 4. The number of nitrogens with one attached hydrogen (secondary N) is 1. The first-order valence-corrected chi connectivity index (χ1v) is 13.6. The summed E-state index contributed by atoms with van der Waals surface area (Å²) in [6.45, 7) is 1.91. The van der Waals surface area contributed by atoms with Crippen molar-refractivity contribution in [1.29, 1.82) is 0 Å². The lowest BCUT2D eigenvalue weighted by Crippen LogP contribution is -2.16. The Kier molecular flexibility index (Phi) is 6.35. The molecule has 3 aromatic heterocycles. The molecule has 0 unspecified atom stereocenters. The van der Waals surface area contributed by atoms with Crippen molar-refractivity contribution in [3.8, 4) is 17.1 Å². The number of benzene rings is 2. The topological polar surface area (TPSA) is 133 Å². The van der Waals surface area contributed by atoms with Gasteiger partial charge in [0.1, 0.15) is 0 Å². The smallest absolute Gasteiger partial charge is 0.230 e. The zero-order chi connectivity index (χ0) is 25.3. The summed E-state index contributed by atoms with van der Waals surface area (Å²) < 4.78 is 25.6. The van der Waals surface area contributed by atoms with Crippen LogP contribution >= 0.6 is 11.3 Å². The van der Waals surface area contributed by atoms with E-state index in [-0.39, 0.29) is 18.1 Å². The number of rotatable bonds is 7. The summed E-state index contributed by atoms with van der Waals surface area (Å²) >= 11 is 1.56. The van der Waals surface area contributed by atoms with Crippen LogP contribution in [0, 0.1) is 6.92 Å². The summed E-state index contributed by atoms with van der Waals surface area (Å²) in [6, 6.07) is 20.2. The number of amides is 1. The van der Waals surface area contributed by atoms with E-state index in [0.717, 1.165) is 27.2 Å². The molecule has 0 radical (unpaired) electrons. The van der Waals surface area contributed by atoms with Crippen molar-refractivity contribution in [2.45, 2.75) is 19.1 Å². The molecule has 9 nitrogen and oxygen atoms in total. The molecule has 182 valence electrons. The van der Waals surface area contributed by atoms with Crippen molar-refractivity contribution in [3.05, 3.63) is 89.2 Å². The second-order valence-corrected chi connectivity index (χ2v) is 10.8. The minimum Gasteiger partial charge on any atom is -0.326 e. The number of pyridine rings is 1. The van der Waals surface area contributed by atoms with Crippen molar-refractivity contribution < 1.29 is 13.2 Å². The highest BCUT2D eigenvalue weighted by Gasteiger charge is 2.16. The van der Waals surface area contributed by atoms with Crippen LogP contribution in [0.3, 0.4) is 0 Å². The van der Waals surface area contributed by atoms with Gasteiger partial charge >= 0.3 is 0 Å². The van der Waals surface area contributed by atoms with Crippen molar-refractivity contribution >= 4 is 43.2 Å². The number of carbonyl (C=O) groups excluding carboxylic acids is 1. The molecule has 11 heteroatoms. The van der Waals surface area contributed by atoms with Crippen LogP contribution < -0.4 is 10.5 Å². The minimum atomic E-state index is -3.67. The van der Waals surface area contributed by atoms with Gasteiger partial charge < -0.3 is 5.32 Å². The van der Waals surface area contributed by atoms with Crippen LogP contribution in [0.15, 0.2) is 72.2 Å². The van der Waals surface area contributed by atoms with Gasteiger partial charge in [-0.1, -0.05) is 24.3 Å². The largest absolute Gasteiger partial charge is 0.326 e. The summed E-state index contributed by atoms with van der Waals surface area (Å²) in [4.78, 5) is 21.8. The number of sulfonamides is 1. The van der Waals surface area contributed by atoms with Crippen LogP contribution in [0.1, 0.15) is 17.0 Å². The zero-order valence-corrected chi connectivity index (χ0v) is 20.9. The number of hydrogen-bond acceptors (Lipinski definition) is 7. The van der Waals surface area contributed by atoms with Gasteiger partial charge in [0.25, 0.3) is 0 Å². The van der Waals surface area contributed by atoms with E-state index in [9.17, 15) is 13.2 Å². The number of aryl methyl sites for hydroxylation is 1. The van der Waals surface area contributed by atoms with Gasteiger partial charge in [-0.25, -0.2) is 28.2 Å². The molecule has 0 aliphatic rings. The molecule has 0 fully saturated rings. The van der Waals surface area contributed by atoms with Crippen molar-refractivity contribution in [3.63, 3.8) is 0 Å². The molecule has 3 heterocycles. The Morgan fingerprint density at radius 1 is 1.08 bits per heavy atom. The van der Waals surface area contributed by atoms with Crippen molar-refractivity contribution in [1.82, 2.24) is 19.7 Å². The first-order valence-electron chi connectivity index (χ1n) is 11.0. The van der Waals surface area contributed by atoms with Crippen LogP contribution in [-0.4, -0.2) is 34.1 Å². The molecule has 3 N–H and O–H groups in total. The fourth-order valence-electron chi connectivity index (χ4n) is 3.90. The van der Waals surface area contributed by atoms with E-state index in [1.165, 1.54) is 0 Å². The van der Waals surface area contributed by atoms with E-state index >= 15 is 0 Å². The maximum atomic E-state index is 12.8. The number of nitrogens with zero attached hydrogens (tertiary/aromatic N) is 4. The Hall–Kier alpha value is -3.93. The van der Waals surface area contributed by atoms with E-state index in [0.29, 0.717) is 22.8 Å². The standard InChI is InChI=1S/C25H22N6O3S2/c1-16-4-2-7-24(28-16)31-22(18-8-9-21-23(11-18)35-15-27-21)12-20(30-31)13-25(32)29-19-6-3-5-17(10-19)14-36(26,33)34/h2-12,15H,13-14H2,1H3,(H,29,32)(H2,26,33,34). The highest BCUT2D eigenvalue weighted by molar-refractivity contribution is 7.88. The third-order valence-corrected chi connectivity index (χ3v) is 6.93. The predicted octanol–water partition coefficient (Wildman–Crippen LogP) is 3.82. The Balaban J connectivity index is 1.44. The van der Waals surface area contributed by atoms with E-state index in [2.05, 4.69) is 21.4 Å². The van der Waals surface area contributed by atoms with E-state index < -0.39 is 10.0 Å². The van der Waals surface area contributed by atoms with Gasteiger partial charge in [0.2, 0.25) is 15.9 Å². The summed E-state index contributed by atoms with van der Waals surface area (Å²) in [5.74, 6) is 0.0590. The van der Waals surface area contributed by atoms with Crippen LogP contribution in [0.25, 0.3) is 27.3 Å². The Morgan fingerprint density at radius 3 is 2.72 bits per heavy atom. The number of anilines is 1. The highest BCUT2D eigenvalue weighted by atomic mass is 32.2. The lowest BCUT2D eigenvalue weighted by Gasteiger charge is -2.07. The number of hydrogen-bond donors (Lipinski definition) is 2. The van der Waals surface area contributed by atoms with Gasteiger partial charge in [0, 0.05) is 16.9 Å². The number of carbonyl (C=O) groups is 1. The third-order valence-electron chi connectivity index (χ3n) is 5.40. The van der Waals surface area contributed by atoms with Gasteiger partial charge in [-0.3, -0.25) is 4.79 Å². The van der Waals surface area contributed by atoms with E-state index in [1.807, 2.05) is 48.8 Å². The van der Waals surface area contributed by atoms with Crippen molar-refractivity contribution in [2.75, 3.05) is 5.32 Å². The number of nitrogens with two attached hydrogens (primary N) is 1. The van der Waals surface area contributed by atoms with Gasteiger partial charge in [0.05, 0.1) is 39.3 Å². The second-order valence-electron chi connectivity index (χ2n) is 8.34. The monoisotopic (exact) mass is 518 g/mol. The first kappa shape index (κ1) is 23.8. The van der Waals surface area contributed by atoms with Crippen LogP contribution in [0.4, 0.5) is 5.69 Å². The minimum absolute atomic E-state index is 0.0219. The third kappa shape index (κ3) is 5.48. The molecule has 1 amide bonds. The average Bonchev–Trinajstić information content (AvgIpc) is 3.44. The molecule has 0 atom stereocenters. The summed E-state index contributed by atoms with van der Waals surface area (Å²) in [7, 11) is -3.67. The fraction of sp³-hybridized carbons (Fsp3) is 0.120. The van der Waals surface area contributed by atoms with Gasteiger partial charge in [-0.15, -0.1) is 11.3 Å². The first-order chi connectivity index (χ1) is 17.2. The molecular weight excluding hydrogens is 496 g/mol. The molecule has 36 heavy (non-hydrogen) atoms. The number of fused-ring (bicyclic) bond motifs is 1. The fourth-order valence-corrected chi connectivity index (χ4v) is 5.26.